The van der Waals surface area contributed by atoms with Crippen molar-refractivity contribution in [2.24, 2.45) is 7.05 Å². The van der Waals surface area contributed by atoms with E-state index in [1.165, 1.54) is 0 Å². The lowest BCUT2D eigenvalue weighted by Crippen LogP contribution is -2.08. The molecule has 84 valence electrons. The molecule has 16 heavy (non-hydrogen) atoms. The minimum absolute atomic E-state index is 0.668. The summed E-state index contributed by atoms with van der Waals surface area (Å²) in [6.07, 6.45) is 6.42. The van der Waals surface area contributed by atoms with Gasteiger partial charge < -0.3 is 5.32 Å². The van der Waals surface area contributed by atoms with Crippen LogP contribution in [0.15, 0.2) is 24.7 Å². The van der Waals surface area contributed by atoms with Gasteiger partial charge in [0.05, 0.1) is 5.69 Å². The Balaban J connectivity index is 1.82. The molecular weight excluding hydrogens is 202 g/mol. The van der Waals surface area contributed by atoms with Crippen molar-refractivity contribution in [3.05, 3.63) is 35.9 Å². The fraction of sp³-hybridized carbons (Fsp3) is 0.364. The molecule has 2 heterocycles. The van der Waals surface area contributed by atoms with Gasteiger partial charge in [0.2, 0.25) is 5.95 Å². The normalized spacial score (nSPS) is 10.4. The molecule has 0 aromatic carbocycles. The van der Waals surface area contributed by atoms with Crippen LogP contribution in [0.4, 0.5) is 5.95 Å². The van der Waals surface area contributed by atoms with Gasteiger partial charge in [0, 0.05) is 38.6 Å². The van der Waals surface area contributed by atoms with Crippen molar-refractivity contribution in [2.45, 2.75) is 13.3 Å². The first-order valence-corrected chi connectivity index (χ1v) is 5.25. The summed E-state index contributed by atoms with van der Waals surface area (Å²) >= 11 is 0. The molecular formula is C11H15N5. The van der Waals surface area contributed by atoms with Crippen molar-refractivity contribution >= 4 is 5.95 Å². The van der Waals surface area contributed by atoms with E-state index in [1.54, 1.807) is 17.1 Å². The molecule has 0 aliphatic heterocycles. The first-order chi connectivity index (χ1) is 7.74. The lowest BCUT2D eigenvalue weighted by molar-refractivity contribution is 0.741. The average Bonchev–Trinajstić information content (AvgIpc) is 2.67. The molecule has 0 radical (unpaired) electrons. The zero-order valence-electron chi connectivity index (χ0n) is 9.51. The lowest BCUT2D eigenvalue weighted by atomic mass is 10.3. The SMILES string of the molecule is Cc1cnc(NCCc2ccn(C)n2)nc1. The van der Waals surface area contributed by atoms with Gasteiger partial charge in [-0.1, -0.05) is 0 Å². The third-order valence-corrected chi connectivity index (χ3v) is 2.21. The van der Waals surface area contributed by atoms with Gasteiger partial charge in [-0.15, -0.1) is 0 Å². The van der Waals surface area contributed by atoms with Crippen molar-refractivity contribution in [3.63, 3.8) is 0 Å². The molecule has 1 N–H and O–H groups in total. The first-order valence-electron chi connectivity index (χ1n) is 5.25. The maximum absolute atomic E-state index is 4.29. The number of hydrogen-bond acceptors (Lipinski definition) is 4. The van der Waals surface area contributed by atoms with Gasteiger partial charge in [0.1, 0.15) is 0 Å². The highest BCUT2D eigenvalue weighted by Crippen LogP contribution is 2.00. The standard InChI is InChI=1S/C11H15N5/c1-9-7-13-11(14-8-9)12-5-3-10-4-6-16(2)15-10/h4,6-8H,3,5H2,1-2H3,(H,12,13,14). The number of anilines is 1. The van der Waals surface area contributed by atoms with E-state index in [-0.39, 0.29) is 0 Å². The zero-order chi connectivity index (χ0) is 11.4. The van der Waals surface area contributed by atoms with Crippen LogP contribution in [-0.2, 0) is 13.5 Å². The van der Waals surface area contributed by atoms with Gasteiger partial charge in [0.15, 0.2) is 0 Å². The van der Waals surface area contributed by atoms with Crippen molar-refractivity contribution in [1.29, 1.82) is 0 Å². The molecule has 0 saturated carbocycles. The van der Waals surface area contributed by atoms with E-state index in [1.807, 2.05) is 26.2 Å². The van der Waals surface area contributed by atoms with E-state index in [0.29, 0.717) is 5.95 Å². The van der Waals surface area contributed by atoms with Gasteiger partial charge in [-0.25, -0.2) is 9.97 Å². The summed E-state index contributed by atoms with van der Waals surface area (Å²) in [5.41, 5.74) is 2.14. The highest BCUT2D eigenvalue weighted by atomic mass is 15.2. The van der Waals surface area contributed by atoms with Gasteiger partial charge in [-0.2, -0.15) is 5.10 Å². The van der Waals surface area contributed by atoms with E-state index in [4.69, 9.17) is 0 Å². The fourth-order valence-corrected chi connectivity index (χ4v) is 1.38. The summed E-state index contributed by atoms with van der Waals surface area (Å²) in [6, 6.07) is 2.01. The van der Waals surface area contributed by atoms with Gasteiger partial charge in [0.25, 0.3) is 0 Å². The number of aromatic nitrogens is 4. The summed E-state index contributed by atoms with van der Waals surface area (Å²) in [7, 11) is 1.92. The zero-order valence-corrected chi connectivity index (χ0v) is 9.51. The highest BCUT2D eigenvalue weighted by molar-refractivity contribution is 5.24. The smallest absolute Gasteiger partial charge is 0.222 e. The van der Waals surface area contributed by atoms with Gasteiger partial charge in [-0.3, -0.25) is 4.68 Å². The lowest BCUT2D eigenvalue weighted by Gasteiger charge is -2.02. The molecule has 5 heteroatoms. The Morgan fingerprint density at radius 1 is 1.31 bits per heavy atom. The maximum Gasteiger partial charge on any atom is 0.222 e. The monoisotopic (exact) mass is 217 g/mol. The molecule has 0 amide bonds. The molecule has 0 bridgehead atoms. The minimum Gasteiger partial charge on any atom is -0.354 e. The molecule has 0 unspecified atom stereocenters. The van der Waals surface area contributed by atoms with Crippen LogP contribution in [0.25, 0.3) is 0 Å². The number of nitrogens with zero attached hydrogens (tertiary/aromatic N) is 4. The quantitative estimate of drug-likeness (QED) is 0.835. The van der Waals surface area contributed by atoms with Crippen LogP contribution < -0.4 is 5.32 Å². The third kappa shape index (κ3) is 2.79. The first kappa shape index (κ1) is 10.6. The molecule has 0 saturated heterocycles. The minimum atomic E-state index is 0.668. The Bertz CT molecular complexity index is 446. The number of hydrogen-bond donors (Lipinski definition) is 1. The van der Waals surface area contributed by atoms with Crippen LogP contribution in [-0.4, -0.2) is 26.3 Å². The molecule has 0 fully saturated rings. The highest BCUT2D eigenvalue weighted by Gasteiger charge is 1.98. The summed E-state index contributed by atoms with van der Waals surface area (Å²) in [6.45, 7) is 2.76. The predicted octanol–water partition coefficient (Wildman–Crippen LogP) is 1.17. The summed E-state index contributed by atoms with van der Waals surface area (Å²) < 4.78 is 1.80. The van der Waals surface area contributed by atoms with Crippen LogP contribution in [0.5, 0.6) is 0 Å². The molecule has 0 aliphatic carbocycles. The van der Waals surface area contributed by atoms with E-state index in [9.17, 15) is 0 Å². The second kappa shape index (κ2) is 4.74. The molecule has 2 rings (SSSR count). The van der Waals surface area contributed by atoms with Gasteiger partial charge >= 0.3 is 0 Å². The van der Waals surface area contributed by atoms with Crippen LogP contribution >= 0.6 is 0 Å². The van der Waals surface area contributed by atoms with Crippen molar-refractivity contribution in [2.75, 3.05) is 11.9 Å². The molecule has 2 aromatic heterocycles. The summed E-state index contributed by atoms with van der Waals surface area (Å²) in [5, 5.41) is 7.45. The Hall–Kier alpha value is -1.91. The van der Waals surface area contributed by atoms with Crippen LogP contribution in [0.2, 0.25) is 0 Å². The van der Waals surface area contributed by atoms with Crippen molar-refractivity contribution in [1.82, 2.24) is 19.7 Å². The van der Waals surface area contributed by atoms with Crippen molar-refractivity contribution in [3.8, 4) is 0 Å². The fourth-order valence-electron chi connectivity index (χ4n) is 1.38. The van der Waals surface area contributed by atoms with E-state index in [0.717, 1.165) is 24.2 Å². The van der Waals surface area contributed by atoms with E-state index in [2.05, 4.69) is 20.4 Å². The van der Waals surface area contributed by atoms with Crippen LogP contribution in [0.1, 0.15) is 11.3 Å². The Morgan fingerprint density at radius 2 is 2.06 bits per heavy atom. The van der Waals surface area contributed by atoms with Crippen LogP contribution in [0.3, 0.4) is 0 Å². The largest absolute Gasteiger partial charge is 0.354 e. The number of aryl methyl sites for hydroxylation is 2. The van der Waals surface area contributed by atoms with E-state index < -0.39 is 0 Å². The Labute approximate surface area is 94.5 Å². The molecule has 5 nitrogen and oxygen atoms in total. The molecule has 0 aliphatic rings. The van der Waals surface area contributed by atoms with Gasteiger partial charge in [-0.05, 0) is 18.6 Å². The second-order valence-corrected chi connectivity index (χ2v) is 3.74. The molecule has 2 aromatic rings. The van der Waals surface area contributed by atoms with Crippen molar-refractivity contribution < 1.29 is 0 Å². The maximum atomic E-state index is 4.29. The second-order valence-electron chi connectivity index (χ2n) is 3.74. The van der Waals surface area contributed by atoms with Crippen LogP contribution in [0, 0.1) is 6.92 Å². The average molecular weight is 217 g/mol. The molecule has 0 spiro atoms. The summed E-state index contributed by atoms with van der Waals surface area (Å²) in [5.74, 6) is 0.668. The number of nitrogens with one attached hydrogen (secondary N) is 1. The summed E-state index contributed by atoms with van der Waals surface area (Å²) in [4.78, 5) is 8.33. The van der Waals surface area contributed by atoms with E-state index >= 15 is 0 Å². The number of rotatable bonds is 4. The predicted molar refractivity (Wildman–Crippen MR) is 62.2 cm³/mol. The Kier molecular flexibility index (Phi) is 3.14. The topological polar surface area (TPSA) is 55.6 Å². The Morgan fingerprint density at radius 3 is 2.69 bits per heavy atom. The third-order valence-electron chi connectivity index (χ3n) is 2.21. The molecule has 0 atom stereocenters.